The van der Waals surface area contributed by atoms with E-state index in [1.807, 2.05) is 54.7 Å². The first-order chi connectivity index (χ1) is 20.3. The molecule has 0 saturated heterocycles. The van der Waals surface area contributed by atoms with Crippen LogP contribution >= 0.6 is 11.3 Å². The van der Waals surface area contributed by atoms with Crippen LogP contribution < -0.4 is 0 Å². The number of nitrogens with zero attached hydrogens (tertiary/aromatic N) is 4. The molecule has 3 heterocycles. The lowest BCUT2D eigenvalue weighted by Gasteiger charge is -2.10. The van der Waals surface area contributed by atoms with Gasteiger partial charge in [0.1, 0.15) is 0 Å². The highest BCUT2D eigenvalue weighted by Gasteiger charge is 2.17. The Hall–Kier alpha value is -5.26. The Kier molecular flexibility index (Phi) is 5.61. The van der Waals surface area contributed by atoms with Crippen molar-refractivity contribution in [1.29, 1.82) is 0 Å². The zero-order valence-electron chi connectivity index (χ0n) is 21.9. The van der Waals surface area contributed by atoms with E-state index in [9.17, 15) is 0 Å². The molecule has 0 aliphatic heterocycles. The number of benzene rings is 5. The van der Waals surface area contributed by atoms with E-state index >= 15 is 0 Å². The molecular formula is C36H22N4S. The Morgan fingerprint density at radius 3 is 1.98 bits per heavy atom. The van der Waals surface area contributed by atoms with Crippen molar-refractivity contribution in [2.24, 2.45) is 0 Å². The summed E-state index contributed by atoms with van der Waals surface area (Å²) >= 11 is 1.80. The molecule has 0 atom stereocenters. The van der Waals surface area contributed by atoms with Gasteiger partial charge in [0, 0.05) is 54.0 Å². The fourth-order valence-corrected chi connectivity index (χ4v) is 6.48. The summed E-state index contributed by atoms with van der Waals surface area (Å²) in [5.41, 5.74) is 4.93. The van der Waals surface area contributed by atoms with Crippen molar-refractivity contribution >= 4 is 42.3 Å². The SMILES string of the molecule is c1ccc(-c2cc3cc(-c4nc(-c5ccccc5)nc(-c5cccc6sc7ccccc7c56)n4)ccc3cn2)cc1. The first-order valence-corrected chi connectivity index (χ1v) is 14.3. The molecule has 8 rings (SSSR count). The van der Waals surface area contributed by atoms with E-state index in [1.54, 1.807) is 11.3 Å². The molecule has 3 aromatic heterocycles. The van der Waals surface area contributed by atoms with Crippen LogP contribution in [0.25, 0.3) is 76.4 Å². The highest BCUT2D eigenvalue weighted by Crippen LogP contribution is 2.39. The summed E-state index contributed by atoms with van der Waals surface area (Å²) in [5.74, 6) is 1.97. The minimum absolute atomic E-state index is 0.644. The lowest BCUT2D eigenvalue weighted by Crippen LogP contribution is -2.00. The quantitative estimate of drug-likeness (QED) is 0.222. The average Bonchev–Trinajstić information content (AvgIpc) is 3.44. The van der Waals surface area contributed by atoms with Crippen LogP contribution in [-0.2, 0) is 0 Å². The van der Waals surface area contributed by atoms with Crippen molar-refractivity contribution in [2.75, 3.05) is 0 Å². The van der Waals surface area contributed by atoms with Gasteiger partial charge in [0.15, 0.2) is 17.5 Å². The number of thiophene rings is 1. The molecule has 41 heavy (non-hydrogen) atoms. The normalized spacial score (nSPS) is 11.4. The second-order valence-electron chi connectivity index (χ2n) is 9.95. The second kappa shape index (κ2) is 9.73. The van der Waals surface area contributed by atoms with E-state index in [1.165, 1.54) is 20.2 Å². The Morgan fingerprint density at radius 1 is 0.463 bits per heavy atom. The Balaban J connectivity index is 1.34. The zero-order chi connectivity index (χ0) is 27.2. The molecule has 0 aliphatic carbocycles. The van der Waals surface area contributed by atoms with Crippen LogP contribution in [0, 0.1) is 0 Å². The van der Waals surface area contributed by atoms with Crippen LogP contribution in [0.15, 0.2) is 134 Å². The molecule has 0 unspecified atom stereocenters. The molecule has 0 amide bonds. The summed E-state index contributed by atoms with van der Waals surface area (Å²) in [6.07, 6.45) is 1.93. The van der Waals surface area contributed by atoms with Crippen LogP contribution in [0.2, 0.25) is 0 Å². The number of fused-ring (bicyclic) bond motifs is 4. The molecule has 8 aromatic rings. The molecule has 0 N–H and O–H groups in total. The summed E-state index contributed by atoms with van der Waals surface area (Å²) in [4.78, 5) is 19.8. The molecule has 5 heteroatoms. The van der Waals surface area contributed by atoms with Crippen molar-refractivity contribution in [3.63, 3.8) is 0 Å². The van der Waals surface area contributed by atoms with Gasteiger partial charge in [-0.1, -0.05) is 103 Å². The van der Waals surface area contributed by atoms with Gasteiger partial charge in [-0.2, -0.15) is 0 Å². The van der Waals surface area contributed by atoms with Crippen molar-refractivity contribution in [3.05, 3.63) is 134 Å². The van der Waals surface area contributed by atoms with Crippen LogP contribution in [-0.4, -0.2) is 19.9 Å². The van der Waals surface area contributed by atoms with E-state index in [2.05, 4.69) is 78.9 Å². The first-order valence-electron chi connectivity index (χ1n) is 13.5. The molecule has 0 bridgehead atoms. The van der Waals surface area contributed by atoms with Crippen molar-refractivity contribution in [1.82, 2.24) is 19.9 Å². The van der Waals surface area contributed by atoms with Gasteiger partial charge in [-0.25, -0.2) is 15.0 Å². The van der Waals surface area contributed by atoms with Crippen LogP contribution in [0.1, 0.15) is 0 Å². The average molecular weight is 543 g/mol. The lowest BCUT2D eigenvalue weighted by atomic mass is 10.0. The number of rotatable bonds is 4. The third kappa shape index (κ3) is 4.24. The predicted octanol–water partition coefficient (Wildman–Crippen LogP) is 9.46. The van der Waals surface area contributed by atoms with Crippen molar-refractivity contribution in [3.8, 4) is 45.4 Å². The molecule has 0 fully saturated rings. The molecule has 5 aromatic carbocycles. The summed E-state index contributed by atoms with van der Waals surface area (Å²) in [6, 6.07) is 43.7. The van der Waals surface area contributed by atoms with E-state index in [-0.39, 0.29) is 0 Å². The third-order valence-electron chi connectivity index (χ3n) is 7.36. The summed E-state index contributed by atoms with van der Waals surface area (Å²) in [6.45, 7) is 0. The number of hydrogen-bond donors (Lipinski definition) is 0. The van der Waals surface area contributed by atoms with E-state index < -0.39 is 0 Å². The summed E-state index contributed by atoms with van der Waals surface area (Å²) in [5, 5.41) is 4.56. The molecule has 4 nitrogen and oxygen atoms in total. The summed E-state index contributed by atoms with van der Waals surface area (Å²) in [7, 11) is 0. The minimum Gasteiger partial charge on any atom is -0.256 e. The highest BCUT2D eigenvalue weighted by molar-refractivity contribution is 7.25. The lowest BCUT2D eigenvalue weighted by molar-refractivity contribution is 1.08. The van der Waals surface area contributed by atoms with Crippen LogP contribution in [0.3, 0.4) is 0 Å². The maximum absolute atomic E-state index is 5.09. The van der Waals surface area contributed by atoms with Gasteiger partial charge in [-0.3, -0.25) is 4.98 Å². The maximum Gasteiger partial charge on any atom is 0.164 e. The fourth-order valence-electron chi connectivity index (χ4n) is 5.35. The van der Waals surface area contributed by atoms with Gasteiger partial charge >= 0.3 is 0 Å². The van der Waals surface area contributed by atoms with Crippen molar-refractivity contribution in [2.45, 2.75) is 0 Å². The maximum atomic E-state index is 5.09. The number of aromatic nitrogens is 4. The van der Waals surface area contributed by atoms with Crippen LogP contribution in [0.5, 0.6) is 0 Å². The standard InChI is InChI=1S/C36H22N4S/c1-3-10-23(11-4-1)30-21-27-20-25(18-19-26(27)22-37-30)35-38-34(24-12-5-2-6-13-24)39-36(40-35)29-15-9-17-32-33(29)28-14-7-8-16-31(28)41-32/h1-22H. The second-order valence-corrected chi connectivity index (χ2v) is 11.0. The van der Waals surface area contributed by atoms with Gasteiger partial charge in [0.25, 0.3) is 0 Å². The third-order valence-corrected chi connectivity index (χ3v) is 8.50. The fraction of sp³-hybridized carbons (Fsp3) is 0. The van der Waals surface area contributed by atoms with Crippen LogP contribution in [0.4, 0.5) is 0 Å². The first kappa shape index (κ1) is 23.6. The topological polar surface area (TPSA) is 51.6 Å². The van der Waals surface area contributed by atoms with E-state index in [0.717, 1.165) is 38.7 Å². The minimum atomic E-state index is 0.644. The highest BCUT2D eigenvalue weighted by atomic mass is 32.1. The van der Waals surface area contributed by atoms with Gasteiger partial charge in [0.2, 0.25) is 0 Å². The van der Waals surface area contributed by atoms with E-state index in [0.29, 0.717) is 17.5 Å². The predicted molar refractivity (Wildman–Crippen MR) is 170 cm³/mol. The Labute approximate surface area is 240 Å². The Morgan fingerprint density at radius 2 is 1.15 bits per heavy atom. The molecule has 0 aliphatic rings. The van der Waals surface area contributed by atoms with E-state index in [4.69, 9.17) is 19.9 Å². The smallest absolute Gasteiger partial charge is 0.164 e. The molecule has 0 spiro atoms. The van der Waals surface area contributed by atoms with Gasteiger partial charge in [-0.05, 0) is 29.7 Å². The zero-order valence-corrected chi connectivity index (χ0v) is 22.7. The largest absolute Gasteiger partial charge is 0.256 e. The molecular weight excluding hydrogens is 520 g/mol. The van der Waals surface area contributed by atoms with Gasteiger partial charge in [-0.15, -0.1) is 11.3 Å². The van der Waals surface area contributed by atoms with Gasteiger partial charge in [0.05, 0.1) is 5.69 Å². The van der Waals surface area contributed by atoms with Gasteiger partial charge < -0.3 is 0 Å². The molecule has 0 radical (unpaired) electrons. The number of pyridine rings is 1. The van der Waals surface area contributed by atoms with Crippen molar-refractivity contribution < 1.29 is 0 Å². The summed E-state index contributed by atoms with van der Waals surface area (Å²) < 4.78 is 2.48. The monoisotopic (exact) mass is 542 g/mol. The number of hydrogen-bond acceptors (Lipinski definition) is 5. The Bertz CT molecular complexity index is 2210. The molecule has 0 saturated carbocycles. The molecule has 192 valence electrons.